The predicted octanol–water partition coefficient (Wildman–Crippen LogP) is 2.92. The van der Waals surface area contributed by atoms with E-state index in [9.17, 15) is 0 Å². The van der Waals surface area contributed by atoms with Gasteiger partial charge in [-0.25, -0.2) is 0 Å². The Labute approximate surface area is 93.9 Å². The van der Waals surface area contributed by atoms with Crippen LogP contribution in [0.5, 0.6) is 0 Å². The Morgan fingerprint density at radius 2 is 1.87 bits per heavy atom. The molecule has 0 radical (unpaired) electrons. The van der Waals surface area contributed by atoms with Crippen LogP contribution in [0, 0.1) is 0 Å². The summed E-state index contributed by atoms with van der Waals surface area (Å²) in [6, 6.07) is 0. The van der Waals surface area contributed by atoms with Crippen molar-refractivity contribution in [1.29, 1.82) is 0 Å². The fourth-order valence-electron chi connectivity index (χ4n) is 1.80. The summed E-state index contributed by atoms with van der Waals surface area (Å²) < 4.78 is 0. The first-order valence-corrected chi connectivity index (χ1v) is 6.36. The molecule has 0 aliphatic carbocycles. The van der Waals surface area contributed by atoms with Crippen molar-refractivity contribution in [2.75, 3.05) is 6.54 Å². The van der Waals surface area contributed by atoms with Crippen molar-refractivity contribution in [1.82, 2.24) is 16.0 Å². The molecule has 0 aromatic heterocycles. The maximum Gasteiger partial charge on any atom is 0.0483 e. The second-order valence-corrected chi connectivity index (χ2v) is 4.21. The summed E-state index contributed by atoms with van der Waals surface area (Å²) in [6.07, 6.45) is 11.1. The molecular weight excluding hydrogens is 186 g/mol. The van der Waals surface area contributed by atoms with Gasteiger partial charge in [-0.2, -0.15) is 0 Å². The van der Waals surface area contributed by atoms with Crippen molar-refractivity contribution in [3.05, 3.63) is 11.9 Å². The Morgan fingerprint density at radius 3 is 2.60 bits per heavy atom. The summed E-state index contributed by atoms with van der Waals surface area (Å²) in [5, 5.41) is 2.25. The molecule has 0 aromatic carbocycles. The minimum absolute atomic E-state index is 1.11. The van der Waals surface area contributed by atoms with Crippen LogP contribution < -0.4 is 11.0 Å². The van der Waals surface area contributed by atoms with E-state index in [1.54, 1.807) is 0 Å². The lowest BCUT2D eigenvalue weighted by Gasteiger charge is -2.20. The van der Waals surface area contributed by atoms with E-state index < -0.39 is 0 Å². The molecule has 0 amide bonds. The molecule has 1 rings (SSSR count). The molecule has 0 fully saturated rings. The highest BCUT2D eigenvalue weighted by molar-refractivity contribution is 5.02. The maximum atomic E-state index is 3.17. The predicted molar refractivity (Wildman–Crippen MR) is 64.7 cm³/mol. The SMILES string of the molecule is CCCCCCC1=CNNN1CCCC. The molecule has 0 atom stereocenters. The molecular formula is C12H25N3. The average Bonchev–Trinajstić information content (AvgIpc) is 2.69. The van der Waals surface area contributed by atoms with Gasteiger partial charge in [0.1, 0.15) is 0 Å². The smallest absolute Gasteiger partial charge is 0.0483 e. The van der Waals surface area contributed by atoms with Gasteiger partial charge in [0.25, 0.3) is 0 Å². The molecule has 2 N–H and O–H groups in total. The van der Waals surface area contributed by atoms with Crippen molar-refractivity contribution >= 4 is 0 Å². The summed E-state index contributed by atoms with van der Waals surface area (Å²) >= 11 is 0. The first-order valence-electron chi connectivity index (χ1n) is 6.36. The van der Waals surface area contributed by atoms with Gasteiger partial charge in [-0.1, -0.05) is 39.5 Å². The van der Waals surface area contributed by atoms with E-state index in [2.05, 4.69) is 36.0 Å². The van der Waals surface area contributed by atoms with E-state index in [-0.39, 0.29) is 0 Å². The number of hydrogen-bond acceptors (Lipinski definition) is 3. The molecule has 1 aliphatic rings. The van der Waals surface area contributed by atoms with Crippen LogP contribution in [-0.4, -0.2) is 11.6 Å². The summed E-state index contributed by atoms with van der Waals surface area (Å²) in [7, 11) is 0. The van der Waals surface area contributed by atoms with E-state index >= 15 is 0 Å². The minimum Gasteiger partial charge on any atom is -0.309 e. The highest BCUT2D eigenvalue weighted by atomic mass is 15.7. The van der Waals surface area contributed by atoms with Crippen LogP contribution in [0.25, 0.3) is 0 Å². The van der Waals surface area contributed by atoms with E-state index in [0.717, 1.165) is 6.54 Å². The third-order valence-electron chi connectivity index (χ3n) is 2.81. The van der Waals surface area contributed by atoms with Crippen molar-refractivity contribution in [2.24, 2.45) is 0 Å². The van der Waals surface area contributed by atoms with Gasteiger partial charge in [-0.15, -0.1) is 5.53 Å². The van der Waals surface area contributed by atoms with Gasteiger partial charge in [0.05, 0.1) is 0 Å². The Bertz CT molecular complexity index is 189. The average molecular weight is 211 g/mol. The first-order chi connectivity index (χ1) is 7.38. The van der Waals surface area contributed by atoms with Crippen LogP contribution >= 0.6 is 0 Å². The van der Waals surface area contributed by atoms with Crippen LogP contribution in [0.4, 0.5) is 0 Å². The lowest BCUT2D eigenvalue weighted by atomic mass is 10.1. The zero-order valence-corrected chi connectivity index (χ0v) is 10.2. The van der Waals surface area contributed by atoms with Crippen molar-refractivity contribution in [3.8, 4) is 0 Å². The molecule has 1 aliphatic heterocycles. The zero-order chi connectivity index (χ0) is 10.9. The maximum absolute atomic E-state index is 3.17. The number of rotatable bonds is 8. The first kappa shape index (κ1) is 12.4. The second kappa shape index (κ2) is 7.57. The monoisotopic (exact) mass is 211 g/mol. The summed E-state index contributed by atoms with van der Waals surface area (Å²) in [4.78, 5) is 0. The molecule has 15 heavy (non-hydrogen) atoms. The molecule has 3 heteroatoms. The molecule has 0 saturated carbocycles. The number of nitrogens with zero attached hydrogens (tertiary/aromatic N) is 1. The van der Waals surface area contributed by atoms with Gasteiger partial charge < -0.3 is 5.43 Å². The molecule has 0 aromatic rings. The van der Waals surface area contributed by atoms with Crippen molar-refractivity contribution < 1.29 is 0 Å². The topological polar surface area (TPSA) is 27.3 Å². The molecule has 88 valence electrons. The fourth-order valence-corrected chi connectivity index (χ4v) is 1.80. The van der Waals surface area contributed by atoms with Gasteiger partial charge in [0.15, 0.2) is 0 Å². The summed E-state index contributed by atoms with van der Waals surface area (Å²) in [5.41, 5.74) is 7.68. The highest BCUT2D eigenvalue weighted by Gasteiger charge is 2.12. The van der Waals surface area contributed by atoms with Crippen LogP contribution in [-0.2, 0) is 0 Å². The Morgan fingerprint density at radius 1 is 1.07 bits per heavy atom. The van der Waals surface area contributed by atoms with E-state index in [4.69, 9.17) is 0 Å². The summed E-state index contributed by atoms with van der Waals surface area (Å²) in [5.74, 6) is 0. The summed E-state index contributed by atoms with van der Waals surface area (Å²) in [6.45, 7) is 5.60. The van der Waals surface area contributed by atoms with Crippen molar-refractivity contribution in [2.45, 2.75) is 58.8 Å². The third-order valence-corrected chi connectivity index (χ3v) is 2.81. The zero-order valence-electron chi connectivity index (χ0n) is 10.2. The number of nitrogens with one attached hydrogen (secondary N) is 2. The largest absolute Gasteiger partial charge is 0.309 e. The molecule has 1 heterocycles. The molecule has 0 saturated heterocycles. The van der Waals surface area contributed by atoms with Crippen LogP contribution in [0.15, 0.2) is 11.9 Å². The highest BCUT2D eigenvalue weighted by Crippen LogP contribution is 2.15. The molecule has 0 spiro atoms. The number of unbranched alkanes of at least 4 members (excludes halogenated alkanes) is 4. The third kappa shape index (κ3) is 4.56. The van der Waals surface area contributed by atoms with Gasteiger partial charge in [0.2, 0.25) is 0 Å². The van der Waals surface area contributed by atoms with E-state index in [1.807, 2.05) is 0 Å². The Kier molecular flexibility index (Phi) is 6.25. The fraction of sp³-hybridized carbons (Fsp3) is 0.833. The molecule has 0 bridgehead atoms. The number of hydrazine groups is 2. The van der Waals surface area contributed by atoms with Crippen LogP contribution in [0.3, 0.4) is 0 Å². The Balaban J connectivity index is 2.15. The quantitative estimate of drug-likeness (QED) is 0.604. The van der Waals surface area contributed by atoms with Gasteiger partial charge in [-0.05, 0) is 19.3 Å². The lowest BCUT2D eigenvalue weighted by Crippen LogP contribution is -2.37. The molecule has 0 unspecified atom stereocenters. The Hall–Kier alpha value is -0.700. The van der Waals surface area contributed by atoms with Gasteiger partial charge >= 0.3 is 0 Å². The van der Waals surface area contributed by atoms with E-state index in [0.29, 0.717) is 0 Å². The normalized spacial score (nSPS) is 15.3. The van der Waals surface area contributed by atoms with Crippen LogP contribution in [0.2, 0.25) is 0 Å². The minimum atomic E-state index is 1.11. The molecule has 3 nitrogen and oxygen atoms in total. The van der Waals surface area contributed by atoms with Crippen molar-refractivity contribution in [3.63, 3.8) is 0 Å². The second-order valence-electron chi connectivity index (χ2n) is 4.21. The van der Waals surface area contributed by atoms with E-state index in [1.165, 1.54) is 50.6 Å². The lowest BCUT2D eigenvalue weighted by molar-refractivity contribution is 0.239. The number of allylic oxidation sites excluding steroid dienone is 1. The standard InChI is InChI=1S/C12H25N3/c1-3-5-7-8-9-12-11-13-14-15(12)10-6-4-2/h11,13-14H,3-10H2,1-2H3. The number of hydrogen-bond donors (Lipinski definition) is 2. The van der Waals surface area contributed by atoms with Gasteiger partial charge in [-0.3, -0.25) is 5.01 Å². The van der Waals surface area contributed by atoms with Gasteiger partial charge in [0, 0.05) is 18.4 Å². The van der Waals surface area contributed by atoms with Crippen LogP contribution in [0.1, 0.15) is 58.8 Å².